The van der Waals surface area contributed by atoms with Gasteiger partial charge in [-0.05, 0) is 81.3 Å². The Balaban J connectivity index is 2.07. The summed E-state index contributed by atoms with van der Waals surface area (Å²) in [5.74, 6) is -0.968. The molecule has 3 amide bonds. The van der Waals surface area contributed by atoms with Crippen LogP contribution in [-0.2, 0) is 9.59 Å². The highest BCUT2D eigenvalue weighted by Gasteiger charge is 2.35. The molecule has 36 heavy (non-hydrogen) atoms. The van der Waals surface area contributed by atoms with Gasteiger partial charge in [0.05, 0.1) is 11.4 Å². The molecule has 2 N–H and O–H groups in total. The maximum absolute atomic E-state index is 13.8. The minimum Gasteiger partial charge on any atom is -0.349 e. The van der Waals surface area contributed by atoms with Crippen molar-refractivity contribution < 1.29 is 14.4 Å². The van der Waals surface area contributed by atoms with Gasteiger partial charge in [-0.3, -0.25) is 19.3 Å². The Hall–Kier alpha value is -3.45. The molecule has 3 rings (SSSR count). The summed E-state index contributed by atoms with van der Waals surface area (Å²) < 4.78 is 0. The van der Waals surface area contributed by atoms with Crippen LogP contribution in [0.2, 0.25) is 0 Å². The molecule has 2 aromatic carbocycles. The lowest BCUT2D eigenvalue weighted by Crippen LogP contribution is -2.52. The SMILES string of the molecule is CCC(C)(C)NC(=O)[C@@H](c1ccc(C)cc1)N(C(=O)CNC(=O)c1cccs1)c1cc(C)cc(C)c1. The third kappa shape index (κ3) is 6.82. The van der Waals surface area contributed by atoms with Crippen molar-refractivity contribution in [1.29, 1.82) is 0 Å². The third-order valence-electron chi connectivity index (χ3n) is 6.14. The van der Waals surface area contributed by atoms with Crippen molar-refractivity contribution in [2.75, 3.05) is 11.4 Å². The number of hydrogen-bond donors (Lipinski definition) is 2. The summed E-state index contributed by atoms with van der Waals surface area (Å²) in [7, 11) is 0. The van der Waals surface area contributed by atoms with Gasteiger partial charge in [-0.1, -0.05) is 48.9 Å². The van der Waals surface area contributed by atoms with E-state index in [0.29, 0.717) is 16.1 Å². The first-order valence-electron chi connectivity index (χ1n) is 12.1. The van der Waals surface area contributed by atoms with Crippen molar-refractivity contribution in [2.24, 2.45) is 0 Å². The predicted molar refractivity (Wildman–Crippen MR) is 146 cm³/mol. The summed E-state index contributed by atoms with van der Waals surface area (Å²) in [5, 5.41) is 7.66. The molecule has 190 valence electrons. The van der Waals surface area contributed by atoms with Crippen molar-refractivity contribution >= 4 is 34.7 Å². The molecule has 0 aliphatic rings. The highest BCUT2D eigenvalue weighted by molar-refractivity contribution is 7.12. The summed E-state index contributed by atoms with van der Waals surface area (Å²) >= 11 is 1.31. The van der Waals surface area contributed by atoms with E-state index in [4.69, 9.17) is 0 Å². The summed E-state index contributed by atoms with van der Waals surface area (Å²) in [5.41, 5.74) is 3.86. The quantitative estimate of drug-likeness (QED) is 0.404. The van der Waals surface area contributed by atoms with Crippen LogP contribution >= 0.6 is 11.3 Å². The Bertz CT molecular complexity index is 1200. The van der Waals surface area contributed by atoms with Crippen LogP contribution in [0.5, 0.6) is 0 Å². The van der Waals surface area contributed by atoms with Gasteiger partial charge in [-0.2, -0.15) is 0 Å². The smallest absolute Gasteiger partial charge is 0.261 e. The number of nitrogens with one attached hydrogen (secondary N) is 2. The van der Waals surface area contributed by atoms with Crippen molar-refractivity contribution in [3.8, 4) is 0 Å². The van der Waals surface area contributed by atoms with Crippen molar-refractivity contribution in [3.63, 3.8) is 0 Å². The number of benzene rings is 2. The summed E-state index contributed by atoms with van der Waals surface area (Å²) in [4.78, 5) is 42.2. The molecule has 0 saturated heterocycles. The van der Waals surface area contributed by atoms with Gasteiger partial charge in [-0.15, -0.1) is 11.3 Å². The largest absolute Gasteiger partial charge is 0.349 e. The molecule has 1 aromatic heterocycles. The highest BCUT2D eigenvalue weighted by atomic mass is 32.1. The number of rotatable bonds is 9. The van der Waals surface area contributed by atoms with Gasteiger partial charge >= 0.3 is 0 Å². The van der Waals surface area contributed by atoms with Crippen molar-refractivity contribution in [3.05, 3.63) is 87.1 Å². The predicted octanol–water partition coefficient (Wildman–Crippen LogP) is 5.48. The lowest BCUT2D eigenvalue weighted by Gasteiger charge is -2.35. The molecule has 0 spiro atoms. The number of hydrogen-bond acceptors (Lipinski definition) is 4. The van der Waals surface area contributed by atoms with Crippen LogP contribution in [0.25, 0.3) is 0 Å². The lowest BCUT2D eigenvalue weighted by atomic mass is 9.97. The maximum Gasteiger partial charge on any atom is 0.261 e. The zero-order valence-corrected chi connectivity index (χ0v) is 22.7. The van der Waals surface area contributed by atoms with Gasteiger partial charge in [0.2, 0.25) is 11.8 Å². The Morgan fingerprint density at radius 2 is 1.58 bits per heavy atom. The maximum atomic E-state index is 13.8. The second-order valence-electron chi connectivity index (χ2n) is 9.81. The first-order chi connectivity index (χ1) is 17.0. The molecular weight excluding hydrogens is 470 g/mol. The Morgan fingerprint density at radius 1 is 0.944 bits per heavy atom. The fourth-order valence-corrected chi connectivity index (χ4v) is 4.56. The monoisotopic (exact) mass is 505 g/mol. The molecule has 1 atom stereocenters. The van der Waals surface area contributed by atoms with E-state index in [-0.39, 0.29) is 24.3 Å². The molecule has 3 aromatic rings. The van der Waals surface area contributed by atoms with E-state index in [0.717, 1.165) is 23.1 Å². The Labute approximate surface area is 217 Å². The molecule has 0 aliphatic heterocycles. The topological polar surface area (TPSA) is 78.5 Å². The molecule has 0 unspecified atom stereocenters. The van der Waals surface area contributed by atoms with Gasteiger partial charge in [0, 0.05) is 11.2 Å². The molecule has 6 nitrogen and oxygen atoms in total. The van der Waals surface area contributed by atoms with Crippen LogP contribution in [0.1, 0.15) is 65.2 Å². The minimum absolute atomic E-state index is 0.240. The van der Waals surface area contributed by atoms with Crippen LogP contribution in [0.3, 0.4) is 0 Å². The van der Waals surface area contributed by atoms with Crippen LogP contribution < -0.4 is 15.5 Å². The van der Waals surface area contributed by atoms with E-state index in [9.17, 15) is 14.4 Å². The van der Waals surface area contributed by atoms with Crippen LogP contribution in [0.15, 0.2) is 60.0 Å². The van der Waals surface area contributed by atoms with E-state index < -0.39 is 11.6 Å². The molecule has 0 bridgehead atoms. The van der Waals surface area contributed by atoms with Gasteiger partial charge < -0.3 is 10.6 Å². The van der Waals surface area contributed by atoms with E-state index in [2.05, 4.69) is 10.6 Å². The lowest BCUT2D eigenvalue weighted by molar-refractivity contribution is -0.127. The Kier molecular flexibility index (Phi) is 8.69. The number of aryl methyl sites for hydroxylation is 3. The molecule has 7 heteroatoms. The average Bonchev–Trinajstić information content (AvgIpc) is 3.35. The highest BCUT2D eigenvalue weighted by Crippen LogP contribution is 2.31. The van der Waals surface area contributed by atoms with Gasteiger partial charge in [0.25, 0.3) is 5.91 Å². The first kappa shape index (κ1) is 27.1. The summed E-state index contributed by atoms with van der Waals surface area (Å²) in [6.07, 6.45) is 0.730. The standard InChI is InChI=1S/C29H35N3O3S/c1-7-29(5,6)31-28(35)26(22-12-10-19(2)11-13-22)32(23-16-20(3)15-21(4)17-23)25(33)18-30-27(34)24-9-8-14-36-24/h8-17,26H,7,18H2,1-6H3,(H,30,34)(H,31,35)/t26-/m1/s1. The molecule has 0 radical (unpaired) electrons. The normalized spacial score (nSPS) is 12.1. The van der Waals surface area contributed by atoms with Crippen LogP contribution in [-0.4, -0.2) is 29.8 Å². The number of nitrogens with zero attached hydrogens (tertiary/aromatic N) is 1. The Morgan fingerprint density at radius 3 is 2.14 bits per heavy atom. The second kappa shape index (κ2) is 11.5. The molecule has 0 saturated carbocycles. The van der Waals surface area contributed by atoms with Gasteiger partial charge in [-0.25, -0.2) is 0 Å². The number of carbonyl (C=O) groups excluding carboxylic acids is 3. The molecule has 1 heterocycles. The molecule has 0 aliphatic carbocycles. The van der Waals surface area contributed by atoms with Gasteiger partial charge in [0.15, 0.2) is 0 Å². The second-order valence-corrected chi connectivity index (χ2v) is 10.8. The number of carbonyl (C=O) groups is 3. The minimum atomic E-state index is -0.913. The number of anilines is 1. The fourth-order valence-electron chi connectivity index (χ4n) is 3.92. The number of thiophene rings is 1. The van der Waals surface area contributed by atoms with E-state index >= 15 is 0 Å². The van der Waals surface area contributed by atoms with Crippen LogP contribution in [0, 0.1) is 20.8 Å². The third-order valence-corrected chi connectivity index (χ3v) is 7.01. The zero-order chi connectivity index (χ0) is 26.5. The summed E-state index contributed by atoms with van der Waals surface area (Å²) in [6.45, 7) is 11.6. The van der Waals surface area contributed by atoms with Crippen molar-refractivity contribution in [1.82, 2.24) is 10.6 Å². The zero-order valence-electron chi connectivity index (χ0n) is 21.8. The summed E-state index contributed by atoms with van der Waals surface area (Å²) in [6, 6.07) is 16.0. The average molecular weight is 506 g/mol. The van der Waals surface area contributed by atoms with Crippen LogP contribution in [0.4, 0.5) is 5.69 Å². The van der Waals surface area contributed by atoms with E-state index in [1.807, 2.05) is 89.4 Å². The molecule has 0 fully saturated rings. The fraction of sp³-hybridized carbons (Fsp3) is 0.345. The van der Waals surface area contributed by atoms with Crippen molar-refractivity contribution in [2.45, 2.75) is 59.5 Å². The number of amides is 3. The van der Waals surface area contributed by atoms with E-state index in [1.54, 1.807) is 12.1 Å². The van der Waals surface area contributed by atoms with Gasteiger partial charge in [0.1, 0.15) is 6.04 Å². The first-order valence-corrected chi connectivity index (χ1v) is 13.0. The van der Waals surface area contributed by atoms with E-state index in [1.165, 1.54) is 16.2 Å². The molecular formula is C29H35N3O3S.